The predicted octanol–water partition coefficient (Wildman–Crippen LogP) is 1.94. The van der Waals surface area contributed by atoms with E-state index < -0.39 is 0 Å². The van der Waals surface area contributed by atoms with Crippen molar-refractivity contribution < 1.29 is 4.79 Å². The average Bonchev–Trinajstić information content (AvgIpc) is 3.40. The number of nitrogens with one attached hydrogen (secondary N) is 3. The minimum absolute atomic E-state index is 0.173. The minimum atomic E-state index is -0.334. The molecule has 1 amide bonds. The number of fused-ring (bicyclic) bond motifs is 4. The largest absolute Gasteiger partial charge is 0.368 e. The molecule has 1 saturated heterocycles. The second-order valence-electron chi connectivity index (χ2n) is 8.97. The molecule has 3 aliphatic rings. The van der Waals surface area contributed by atoms with Gasteiger partial charge in [-0.05, 0) is 50.5 Å². The number of hydrogen-bond donors (Lipinski definition) is 4. The van der Waals surface area contributed by atoms with E-state index in [1.165, 1.54) is 23.3 Å². The lowest BCUT2D eigenvalue weighted by atomic mass is 9.79. The van der Waals surface area contributed by atoms with Gasteiger partial charge in [0.2, 0.25) is 5.91 Å². The summed E-state index contributed by atoms with van der Waals surface area (Å²) < 4.78 is 0. The maximum atomic E-state index is 11.9. The molecule has 0 aromatic carbocycles. The molecule has 5 N–H and O–H groups in total. The molecule has 6 rings (SSSR count). The molecular formula is C22H26N8OS. The lowest BCUT2D eigenvalue weighted by molar-refractivity contribution is -0.120. The number of thiophene rings is 1. The molecule has 166 valence electrons. The molecule has 3 aromatic rings. The summed E-state index contributed by atoms with van der Waals surface area (Å²) in [6.45, 7) is 0. The van der Waals surface area contributed by atoms with Gasteiger partial charge in [0.05, 0.1) is 11.6 Å². The molecule has 4 heterocycles. The Labute approximate surface area is 189 Å². The monoisotopic (exact) mass is 450 g/mol. The standard InChI is InChI=1S/C22H26N8OS/c23-19(31)18-13-9-11(5-6-14(13)29-30-18)26-21-17-12-3-1-2-4-16(12)32-22(17)28-20(27-21)15-10-24-7-8-25-15/h7-8,10-11,13-14,18,29-30H,1-6,9H2,(H2,23,31)(H,26,27,28). The summed E-state index contributed by atoms with van der Waals surface area (Å²) in [5.74, 6) is 1.35. The summed E-state index contributed by atoms with van der Waals surface area (Å²) in [5, 5.41) is 4.90. The number of hydrazine groups is 1. The molecular weight excluding hydrogens is 424 g/mol. The van der Waals surface area contributed by atoms with Crippen LogP contribution in [0.25, 0.3) is 21.7 Å². The van der Waals surface area contributed by atoms with Gasteiger partial charge >= 0.3 is 0 Å². The second kappa shape index (κ2) is 8.02. The van der Waals surface area contributed by atoms with Crippen LogP contribution < -0.4 is 21.9 Å². The maximum Gasteiger partial charge on any atom is 0.236 e. The minimum Gasteiger partial charge on any atom is -0.368 e. The third-order valence-electron chi connectivity index (χ3n) is 7.01. The van der Waals surface area contributed by atoms with E-state index >= 15 is 0 Å². The van der Waals surface area contributed by atoms with E-state index in [0.29, 0.717) is 11.5 Å². The van der Waals surface area contributed by atoms with Crippen LogP contribution in [0, 0.1) is 5.92 Å². The smallest absolute Gasteiger partial charge is 0.236 e. The van der Waals surface area contributed by atoms with E-state index in [2.05, 4.69) is 26.1 Å². The van der Waals surface area contributed by atoms with Crippen LogP contribution in [-0.2, 0) is 17.6 Å². The number of aromatic nitrogens is 4. The first kappa shape index (κ1) is 20.0. The van der Waals surface area contributed by atoms with Crippen LogP contribution >= 0.6 is 11.3 Å². The molecule has 1 aliphatic heterocycles. The van der Waals surface area contributed by atoms with Crippen molar-refractivity contribution in [2.75, 3.05) is 5.32 Å². The van der Waals surface area contributed by atoms with Crippen molar-refractivity contribution >= 4 is 33.3 Å². The van der Waals surface area contributed by atoms with E-state index in [0.717, 1.165) is 48.1 Å². The Bertz CT molecular complexity index is 1170. The molecule has 32 heavy (non-hydrogen) atoms. The Morgan fingerprint density at radius 1 is 1.16 bits per heavy atom. The number of nitrogens with two attached hydrogens (primary N) is 1. The SMILES string of the molecule is NC(=O)C1NNC2CCC(Nc3nc(-c4cnccn4)nc4sc5c(c34)CCCC5)CC21. The van der Waals surface area contributed by atoms with Gasteiger partial charge in [-0.25, -0.2) is 20.4 Å². The van der Waals surface area contributed by atoms with Gasteiger partial charge in [0.15, 0.2) is 5.82 Å². The van der Waals surface area contributed by atoms with Gasteiger partial charge in [-0.2, -0.15) is 0 Å². The molecule has 3 aromatic heterocycles. The number of primary amides is 1. The van der Waals surface area contributed by atoms with E-state index in [1.54, 1.807) is 29.9 Å². The Kier molecular flexibility index (Phi) is 5.00. The summed E-state index contributed by atoms with van der Waals surface area (Å²) in [7, 11) is 0. The first-order valence-electron chi connectivity index (χ1n) is 11.3. The quantitative estimate of drug-likeness (QED) is 0.474. The molecule has 4 atom stereocenters. The summed E-state index contributed by atoms with van der Waals surface area (Å²) >= 11 is 1.78. The summed E-state index contributed by atoms with van der Waals surface area (Å²) in [4.78, 5) is 32.8. The highest BCUT2D eigenvalue weighted by molar-refractivity contribution is 7.19. The zero-order valence-corrected chi connectivity index (χ0v) is 18.5. The molecule has 0 bridgehead atoms. The van der Waals surface area contributed by atoms with E-state index in [9.17, 15) is 4.79 Å². The predicted molar refractivity (Wildman–Crippen MR) is 123 cm³/mol. The van der Waals surface area contributed by atoms with E-state index in [1.807, 2.05) is 0 Å². The molecule has 10 heteroatoms. The Morgan fingerprint density at radius 3 is 2.91 bits per heavy atom. The first-order valence-corrected chi connectivity index (χ1v) is 12.1. The number of carbonyl (C=O) groups is 1. The van der Waals surface area contributed by atoms with Gasteiger partial charge in [0.1, 0.15) is 22.4 Å². The number of nitrogens with zero attached hydrogens (tertiary/aromatic N) is 4. The van der Waals surface area contributed by atoms with Crippen LogP contribution in [0.1, 0.15) is 42.5 Å². The van der Waals surface area contributed by atoms with Gasteiger partial charge in [-0.15, -0.1) is 11.3 Å². The number of aryl methyl sites for hydroxylation is 2. The van der Waals surface area contributed by atoms with Crippen molar-refractivity contribution in [2.24, 2.45) is 11.7 Å². The van der Waals surface area contributed by atoms with Gasteiger partial charge < -0.3 is 11.1 Å². The number of rotatable bonds is 4. The van der Waals surface area contributed by atoms with Crippen LogP contribution in [0.4, 0.5) is 5.82 Å². The van der Waals surface area contributed by atoms with Crippen LogP contribution in [0.15, 0.2) is 18.6 Å². The number of amides is 1. The fourth-order valence-electron chi connectivity index (χ4n) is 5.45. The van der Waals surface area contributed by atoms with Crippen LogP contribution in [0.3, 0.4) is 0 Å². The maximum absolute atomic E-state index is 11.9. The summed E-state index contributed by atoms with van der Waals surface area (Å²) in [6.07, 6.45) is 12.5. The van der Waals surface area contributed by atoms with Gasteiger partial charge in [-0.3, -0.25) is 15.2 Å². The molecule has 0 radical (unpaired) electrons. The van der Waals surface area contributed by atoms with Crippen LogP contribution in [0.5, 0.6) is 0 Å². The van der Waals surface area contributed by atoms with Crippen molar-refractivity contribution in [2.45, 2.75) is 63.1 Å². The second-order valence-corrected chi connectivity index (χ2v) is 10.1. The first-order chi connectivity index (χ1) is 15.7. The third kappa shape index (κ3) is 3.42. The fourth-order valence-corrected chi connectivity index (χ4v) is 6.72. The van der Waals surface area contributed by atoms with Crippen molar-refractivity contribution in [1.82, 2.24) is 30.8 Å². The highest BCUT2D eigenvalue weighted by Gasteiger charge is 2.43. The Balaban J connectivity index is 1.38. The number of hydrogen-bond acceptors (Lipinski definition) is 9. The molecule has 1 saturated carbocycles. The number of carbonyl (C=O) groups excluding carboxylic acids is 1. The summed E-state index contributed by atoms with van der Waals surface area (Å²) in [6, 6.07) is 0.158. The summed E-state index contributed by atoms with van der Waals surface area (Å²) in [5.41, 5.74) is 14.0. The van der Waals surface area contributed by atoms with Gasteiger partial charge in [0, 0.05) is 35.3 Å². The lowest BCUT2D eigenvalue weighted by Crippen LogP contribution is -2.44. The highest BCUT2D eigenvalue weighted by atomic mass is 32.1. The molecule has 4 unspecified atom stereocenters. The molecule has 0 spiro atoms. The zero-order valence-electron chi connectivity index (χ0n) is 17.7. The van der Waals surface area contributed by atoms with Crippen molar-refractivity contribution in [3.05, 3.63) is 29.0 Å². The Morgan fingerprint density at radius 2 is 2.06 bits per heavy atom. The Hall–Kier alpha value is -2.69. The van der Waals surface area contributed by atoms with E-state index in [4.69, 9.17) is 15.7 Å². The molecule has 9 nitrogen and oxygen atoms in total. The zero-order chi connectivity index (χ0) is 21.7. The third-order valence-corrected chi connectivity index (χ3v) is 8.19. The van der Waals surface area contributed by atoms with Crippen LogP contribution in [-0.4, -0.2) is 44.0 Å². The van der Waals surface area contributed by atoms with Crippen molar-refractivity contribution in [1.29, 1.82) is 0 Å². The fraction of sp³-hybridized carbons (Fsp3) is 0.500. The van der Waals surface area contributed by atoms with Crippen molar-refractivity contribution in [3.63, 3.8) is 0 Å². The van der Waals surface area contributed by atoms with Gasteiger partial charge in [-0.1, -0.05) is 0 Å². The lowest BCUT2D eigenvalue weighted by Gasteiger charge is -2.33. The average molecular weight is 451 g/mol. The normalized spacial score (nSPS) is 27.1. The number of anilines is 1. The molecule has 2 fully saturated rings. The van der Waals surface area contributed by atoms with Crippen molar-refractivity contribution in [3.8, 4) is 11.5 Å². The molecule has 2 aliphatic carbocycles. The highest BCUT2D eigenvalue weighted by Crippen LogP contribution is 2.40. The van der Waals surface area contributed by atoms with Gasteiger partial charge in [0.25, 0.3) is 0 Å². The topological polar surface area (TPSA) is 131 Å². The van der Waals surface area contributed by atoms with E-state index in [-0.39, 0.29) is 30.0 Å². The van der Waals surface area contributed by atoms with Crippen LogP contribution in [0.2, 0.25) is 0 Å².